The van der Waals surface area contributed by atoms with E-state index in [9.17, 15) is 26.3 Å². The van der Waals surface area contributed by atoms with Gasteiger partial charge in [-0.1, -0.05) is 147 Å². The van der Waals surface area contributed by atoms with Crippen molar-refractivity contribution in [2.75, 3.05) is 0 Å². The monoisotopic (exact) mass is 942 g/mol. The second kappa shape index (κ2) is 21.2. The maximum Gasteiger partial charge on any atom is -0.0181 e. The van der Waals surface area contributed by atoms with Gasteiger partial charge in [-0.3, -0.25) is 6.08 Å². The molecular weight excluding hydrogens is 901 g/mol. The third-order valence-corrected chi connectivity index (χ3v) is 11.7. The minimum Gasteiger partial charge on any atom is -1.00 e. The molecular formula is C52H44Cl2F6Zr-2. The van der Waals surface area contributed by atoms with Crippen LogP contribution in [0, 0.1) is 23.5 Å². The number of allylic oxidation sites excluding steroid dienone is 4. The van der Waals surface area contributed by atoms with Crippen LogP contribution in [0.2, 0.25) is 0 Å². The molecule has 2 aliphatic rings. The first kappa shape index (κ1) is 49.4. The van der Waals surface area contributed by atoms with Crippen molar-refractivity contribution in [1.29, 1.82) is 0 Å². The molecule has 0 saturated heterocycles. The van der Waals surface area contributed by atoms with Gasteiger partial charge in [0.1, 0.15) is 0 Å². The summed E-state index contributed by atoms with van der Waals surface area (Å²) in [7, 11) is 0. The van der Waals surface area contributed by atoms with Crippen molar-refractivity contribution < 1.29 is 75.4 Å². The first-order valence-corrected chi connectivity index (χ1v) is 20.8. The van der Waals surface area contributed by atoms with Crippen LogP contribution < -0.4 is 24.8 Å². The van der Waals surface area contributed by atoms with Crippen molar-refractivity contribution in [3.8, 4) is 33.4 Å². The summed E-state index contributed by atoms with van der Waals surface area (Å²) in [4.78, 5) is 0. The molecule has 0 saturated carbocycles. The third-order valence-electron chi connectivity index (χ3n) is 10.2. The van der Waals surface area contributed by atoms with Crippen LogP contribution in [0.3, 0.4) is 0 Å². The number of alkyl halides is 6. The molecule has 0 aromatic heterocycles. The Morgan fingerprint density at radius 3 is 1.67 bits per heavy atom. The summed E-state index contributed by atoms with van der Waals surface area (Å²) in [6, 6.07) is 45.2. The molecule has 2 aliphatic carbocycles. The molecule has 1 unspecified atom stereocenters. The molecule has 0 fully saturated rings. The van der Waals surface area contributed by atoms with Gasteiger partial charge in [-0.05, 0) is 23.1 Å². The summed E-state index contributed by atoms with van der Waals surface area (Å²) in [5.74, 6) is 0.587. The van der Waals surface area contributed by atoms with Crippen LogP contribution in [0.1, 0.15) is 73.9 Å². The van der Waals surface area contributed by atoms with E-state index in [2.05, 4.69) is 143 Å². The Balaban J connectivity index is 0.000000210. The van der Waals surface area contributed by atoms with E-state index in [1.807, 2.05) is 0 Å². The van der Waals surface area contributed by atoms with Crippen molar-refractivity contribution in [1.82, 2.24) is 0 Å². The van der Waals surface area contributed by atoms with E-state index in [1.54, 1.807) is 0 Å². The van der Waals surface area contributed by atoms with E-state index in [-0.39, 0.29) is 35.9 Å². The maximum absolute atomic E-state index is 12.7. The zero-order valence-corrected chi connectivity index (χ0v) is 38.1. The molecule has 0 nitrogen and oxygen atoms in total. The van der Waals surface area contributed by atoms with E-state index < -0.39 is 23.5 Å². The average molecular weight is 945 g/mol. The Bertz CT molecular complexity index is 2310. The standard InChI is InChI=1S/C25H17.C15H8F6.C12H19.2ClH.Zr/c1-3-7-18(8-4-1)20-11-13-24-22(15-20)17-23-16-21(12-14-25(23)24)19-9-5-2-6-10-19;16-14(17,18)12-5-1-3-10(8-12)7-11-4-2-6-13(9-11)15(19,20)21;1-5-6-10-7-8-11(9-10)12(2,3)4;;;/h1-15H,17H2;1-6,8-9H;8-10H,5-6H2,1-4H3;2*1H;/q-1;;-1;;;+2/p-2. The van der Waals surface area contributed by atoms with Crippen LogP contribution in [0.5, 0.6) is 0 Å². The first-order chi connectivity index (χ1) is 28.0. The zero-order chi connectivity index (χ0) is 42.4. The number of rotatable bonds is 6. The summed E-state index contributed by atoms with van der Waals surface area (Å²) >= 11 is 0.729. The van der Waals surface area contributed by atoms with E-state index in [4.69, 9.17) is 0 Å². The molecule has 61 heavy (non-hydrogen) atoms. The van der Waals surface area contributed by atoms with Crippen LogP contribution in [-0.2, 0) is 43.0 Å². The number of benzene rings is 6. The Labute approximate surface area is 383 Å². The van der Waals surface area contributed by atoms with Gasteiger partial charge in [0.05, 0.1) is 0 Å². The van der Waals surface area contributed by atoms with Crippen LogP contribution in [0.15, 0.2) is 157 Å². The normalized spacial score (nSPS) is 13.8. The minimum atomic E-state index is -4.49. The summed E-state index contributed by atoms with van der Waals surface area (Å²) in [6.45, 7) is 8.99. The molecule has 0 N–H and O–H groups in total. The zero-order valence-electron chi connectivity index (χ0n) is 34.2. The largest absolute Gasteiger partial charge is 1.00 e. The van der Waals surface area contributed by atoms with Gasteiger partial charge in [-0.2, -0.15) is 11.6 Å². The van der Waals surface area contributed by atoms with Crippen LogP contribution in [-0.4, -0.2) is 3.21 Å². The summed E-state index contributed by atoms with van der Waals surface area (Å²) in [5.41, 5.74) is 11.0. The first-order valence-electron chi connectivity index (χ1n) is 19.6. The smallest absolute Gasteiger partial charge is 0.0181 e. The predicted molar refractivity (Wildman–Crippen MR) is 224 cm³/mol. The summed E-state index contributed by atoms with van der Waals surface area (Å²) in [5, 5.41) is 0. The molecule has 0 aliphatic heterocycles. The van der Waals surface area contributed by atoms with E-state index in [0.29, 0.717) is 14.5 Å². The Hall–Kier alpha value is -4.29. The summed E-state index contributed by atoms with van der Waals surface area (Å²) < 4.78 is 76.7. The summed E-state index contributed by atoms with van der Waals surface area (Å²) in [6.07, 6.45) is 2.42. The fourth-order valence-electron chi connectivity index (χ4n) is 7.04. The second-order valence-electron chi connectivity index (χ2n) is 15.7. The van der Waals surface area contributed by atoms with Gasteiger partial charge in [0.2, 0.25) is 0 Å². The number of fused-ring (bicyclic) bond motifs is 3. The van der Waals surface area contributed by atoms with Crippen LogP contribution >= 0.6 is 0 Å². The van der Waals surface area contributed by atoms with Crippen LogP contribution in [0.4, 0.5) is 26.3 Å². The van der Waals surface area contributed by atoms with Gasteiger partial charge in [-0.25, -0.2) is 6.08 Å². The molecule has 0 amide bonds. The van der Waals surface area contributed by atoms with Crippen molar-refractivity contribution in [2.45, 2.75) is 59.3 Å². The van der Waals surface area contributed by atoms with E-state index in [0.717, 1.165) is 54.9 Å². The van der Waals surface area contributed by atoms with Gasteiger partial charge in [0.25, 0.3) is 0 Å². The minimum absolute atomic E-state index is 0. The van der Waals surface area contributed by atoms with Gasteiger partial charge in [0.15, 0.2) is 0 Å². The molecule has 9 heteroatoms. The van der Waals surface area contributed by atoms with Crippen molar-refractivity contribution in [2.24, 2.45) is 11.3 Å². The third kappa shape index (κ3) is 12.9. The van der Waals surface area contributed by atoms with E-state index >= 15 is 0 Å². The Morgan fingerprint density at radius 2 is 1.16 bits per heavy atom. The topological polar surface area (TPSA) is 0 Å². The fourth-order valence-corrected chi connectivity index (χ4v) is 7.81. The van der Waals surface area contributed by atoms with Gasteiger partial charge in [-0.15, -0.1) is 29.3 Å². The average Bonchev–Trinajstić information content (AvgIpc) is 3.86. The van der Waals surface area contributed by atoms with Crippen molar-refractivity contribution in [3.05, 3.63) is 203 Å². The quantitative estimate of drug-likeness (QED) is 0.116. The Morgan fingerprint density at radius 1 is 0.623 bits per heavy atom. The SMILES string of the molecule is CCCC1[C-]=CC(C(C)(C)C)=C1.FC(F)(F)c1cccc([C](=[Zr+2])c2cccc(C(F)(F)F)c2)c1.[Cl-].[Cl-].[c-]1c(-c2ccccc2)ccc2c1Cc1cc(-c3ccccc3)ccc1-2. The number of halogens is 8. The molecule has 8 rings (SSSR count). The molecule has 0 spiro atoms. The van der Waals surface area contributed by atoms with Gasteiger partial charge in [0, 0.05) is 0 Å². The molecule has 314 valence electrons. The predicted octanol–water partition coefficient (Wildman–Crippen LogP) is 8.99. The van der Waals surface area contributed by atoms with Crippen LogP contribution in [0.25, 0.3) is 33.4 Å². The van der Waals surface area contributed by atoms with E-state index in [1.165, 1.54) is 87.2 Å². The number of hydrogen-bond donors (Lipinski definition) is 0. The van der Waals surface area contributed by atoms with Crippen molar-refractivity contribution in [3.63, 3.8) is 0 Å². The number of hydrogen-bond acceptors (Lipinski definition) is 0. The molecule has 1 atom stereocenters. The molecule has 0 radical (unpaired) electrons. The molecule has 6 aromatic rings. The van der Waals surface area contributed by atoms with Gasteiger partial charge >= 0.3 is 137 Å². The Kier molecular flexibility index (Phi) is 17.2. The van der Waals surface area contributed by atoms with Crippen molar-refractivity contribution >= 4 is 3.21 Å². The van der Waals surface area contributed by atoms with Gasteiger partial charge < -0.3 is 24.8 Å². The second-order valence-corrected chi connectivity index (χ2v) is 16.9. The maximum atomic E-state index is 12.7. The molecule has 0 heterocycles. The fraction of sp³-hybridized carbons (Fsp3) is 0.212. The molecule has 6 aromatic carbocycles. The molecule has 0 bridgehead atoms.